The Bertz CT molecular complexity index is 1810. The second kappa shape index (κ2) is 10.6. The fourth-order valence-corrected chi connectivity index (χ4v) is 4.72. The van der Waals surface area contributed by atoms with Crippen molar-refractivity contribution in [1.82, 2.24) is 14.8 Å². The van der Waals surface area contributed by atoms with Crippen LogP contribution in [-0.4, -0.2) is 14.8 Å². The summed E-state index contributed by atoms with van der Waals surface area (Å²) in [5, 5.41) is 4.64. The molecule has 204 valence electrons. The molecule has 0 spiro atoms. The number of benzene rings is 4. The highest BCUT2D eigenvalue weighted by atomic mass is 19.4. The lowest BCUT2D eigenvalue weighted by Crippen LogP contribution is -2.08. The van der Waals surface area contributed by atoms with Gasteiger partial charge in [0.25, 0.3) is 0 Å². The monoisotopic (exact) mass is 549 g/mol. The minimum Gasteiger partial charge on any atom is -0.489 e. The van der Waals surface area contributed by atoms with Crippen molar-refractivity contribution in [2.45, 2.75) is 26.6 Å². The average molecular weight is 550 g/mol. The van der Waals surface area contributed by atoms with E-state index in [2.05, 4.69) is 5.10 Å². The van der Waals surface area contributed by atoms with Crippen LogP contribution in [0.3, 0.4) is 0 Å². The first-order chi connectivity index (χ1) is 19.8. The Labute approximate surface area is 235 Å². The van der Waals surface area contributed by atoms with E-state index in [9.17, 15) is 13.2 Å². The molecule has 0 unspecified atom stereocenters. The molecule has 2 heterocycles. The average Bonchev–Trinajstić information content (AvgIpc) is 3.36. The summed E-state index contributed by atoms with van der Waals surface area (Å²) in [4.78, 5) is 4.75. The summed E-state index contributed by atoms with van der Waals surface area (Å²) >= 11 is 0. The highest BCUT2D eigenvalue weighted by Gasteiger charge is 2.36. The lowest BCUT2D eigenvalue weighted by atomic mass is 10.0. The summed E-state index contributed by atoms with van der Waals surface area (Å²) in [6.45, 7) is 4.34. The number of pyridine rings is 1. The number of hydrogen-bond acceptors (Lipinski definition) is 3. The molecule has 41 heavy (non-hydrogen) atoms. The molecule has 6 aromatic rings. The van der Waals surface area contributed by atoms with Gasteiger partial charge in [-0.05, 0) is 61.9 Å². The Morgan fingerprint density at radius 3 is 1.98 bits per heavy atom. The number of para-hydroxylation sites is 1. The Hall–Kier alpha value is -4.91. The predicted molar refractivity (Wildman–Crippen MR) is 155 cm³/mol. The third-order valence-electron chi connectivity index (χ3n) is 6.95. The molecule has 0 saturated heterocycles. The van der Waals surface area contributed by atoms with Gasteiger partial charge >= 0.3 is 6.18 Å². The first kappa shape index (κ1) is 26.3. The van der Waals surface area contributed by atoms with Gasteiger partial charge in [0.05, 0.1) is 22.3 Å². The van der Waals surface area contributed by atoms with Crippen LogP contribution in [0.5, 0.6) is 5.75 Å². The van der Waals surface area contributed by atoms with E-state index < -0.39 is 11.7 Å². The van der Waals surface area contributed by atoms with Gasteiger partial charge < -0.3 is 4.74 Å². The molecular weight excluding hydrogens is 523 g/mol. The smallest absolute Gasteiger partial charge is 0.417 e. The summed E-state index contributed by atoms with van der Waals surface area (Å²) < 4.78 is 51.3. The van der Waals surface area contributed by atoms with Crippen LogP contribution in [0.1, 0.15) is 22.3 Å². The number of ether oxygens (including phenoxy) is 1. The Balaban J connectivity index is 1.46. The van der Waals surface area contributed by atoms with E-state index in [1.165, 1.54) is 10.2 Å². The number of nitrogens with zero attached hydrogens (tertiary/aromatic N) is 3. The summed E-state index contributed by atoms with van der Waals surface area (Å²) in [5.41, 5.74) is 4.73. The third kappa shape index (κ3) is 5.43. The Kier molecular flexibility index (Phi) is 6.79. The Morgan fingerprint density at radius 1 is 0.732 bits per heavy atom. The van der Waals surface area contributed by atoms with E-state index in [-0.39, 0.29) is 22.4 Å². The molecule has 0 saturated carbocycles. The summed E-state index contributed by atoms with van der Waals surface area (Å²) in [5.74, 6) is 0.613. The number of fused-ring (bicyclic) bond motifs is 1. The SMILES string of the molecule is Cc1ccc(COc2ccc(-c3cc(C(F)(F)F)c4c(-c5ccc(C)cc5)nn(-c5ccccc5)c4n3)cc2)cc1. The predicted octanol–water partition coefficient (Wildman–Crippen LogP) is 8.97. The molecule has 2 aromatic heterocycles. The molecule has 4 aromatic carbocycles. The van der Waals surface area contributed by atoms with Crippen molar-refractivity contribution >= 4 is 11.0 Å². The second-order valence-electron chi connectivity index (χ2n) is 10.0. The molecule has 0 atom stereocenters. The van der Waals surface area contributed by atoms with Crippen LogP contribution in [-0.2, 0) is 12.8 Å². The first-order valence-corrected chi connectivity index (χ1v) is 13.2. The molecule has 0 amide bonds. The van der Waals surface area contributed by atoms with Gasteiger partial charge in [0.2, 0.25) is 0 Å². The van der Waals surface area contributed by atoms with Crippen LogP contribution in [0.15, 0.2) is 109 Å². The summed E-state index contributed by atoms with van der Waals surface area (Å²) in [7, 11) is 0. The maximum atomic E-state index is 14.7. The second-order valence-corrected chi connectivity index (χ2v) is 10.0. The minimum atomic E-state index is -4.63. The zero-order valence-electron chi connectivity index (χ0n) is 22.5. The van der Waals surface area contributed by atoms with Crippen molar-refractivity contribution in [2.24, 2.45) is 0 Å². The molecule has 0 aliphatic carbocycles. The molecule has 0 fully saturated rings. The minimum absolute atomic E-state index is 0.0352. The number of aromatic nitrogens is 3. The maximum absolute atomic E-state index is 14.7. The molecule has 4 nitrogen and oxygen atoms in total. The molecular formula is C34H26F3N3O. The van der Waals surface area contributed by atoms with Crippen molar-refractivity contribution in [2.75, 3.05) is 0 Å². The molecule has 0 aliphatic heterocycles. The topological polar surface area (TPSA) is 39.9 Å². The van der Waals surface area contributed by atoms with Crippen molar-refractivity contribution in [3.8, 4) is 34.0 Å². The van der Waals surface area contributed by atoms with Crippen LogP contribution in [0, 0.1) is 13.8 Å². The van der Waals surface area contributed by atoms with Gasteiger partial charge in [-0.3, -0.25) is 0 Å². The number of halogens is 3. The van der Waals surface area contributed by atoms with E-state index >= 15 is 0 Å². The van der Waals surface area contributed by atoms with Gasteiger partial charge in [-0.25, -0.2) is 9.67 Å². The maximum Gasteiger partial charge on any atom is 0.417 e. The van der Waals surface area contributed by atoms with Gasteiger partial charge in [-0.2, -0.15) is 18.3 Å². The lowest BCUT2D eigenvalue weighted by Gasteiger charge is -2.13. The van der Waals surface area contributed by atoms with Gasteiger partial charge in [-0.1, -0.05) is 77.9 Å². The van der Waals surface area contributed by atoms with Crippen LogP contribution in [0.25, 0.3) is 39.2 Å². The summed E-state index contributed by atoms with van der Waals surface area (Å²) in [6, 6.07) is 32.5. The highest BCUT2D eigenvalue weighted by molar-refractivity contribution is 5.96. The zero-order valence-corrected chi connectivity index (χ0v) is 22.5. The van der Waals surface area contributed by atoms with E-state index in [1.54, 1.807) is 48.5 Å². The van der Waals surface area contributed by atoms with Crippen LogP contribution >= 0.6 is 0 Å². The largest absolute Gasteiger partial charge is 0.489 e. The fraction of sp³-hybridized carbons (Fsp3) is 0.118. The summed E-state index contributed by atoms with van der Waals surface area (Å²) in [6.07, 6.45) is -4.63. The third-order valence-corrected chi connectivity index (χ3v) is 6.95. The van der Waals surface area contributed by atoms with Crippen LogP contribution in [0.4, 0.5) is 13.2 Å². The molecule has 6 rings (SSSR count). The van der Waals surface area contributed by atoms with Gasteiger partial charge in [0.15, 0.2) is 5.65 Å². The van der Waals surface area contributed by atoms with E-state index in [1.807, 2.05) is 68.4 Å². The number of aryl methyl sites for hydroxylation is 2. The van der Waals surface area contributed by atoms with Crippen molar-refractivity contribution < 1.29 is 17.9 Å². The zero-order chi connectivity index (χ0) is 28.6. The van der Waals surface area contributed by atoms with Crippen molar-refractivity contribution in [3.63, 3.8) is 0 Å². The van der Waals surface area contributed by atoms with Crippen molar-refractivity contribution in [1.29, 1.82) is 0 Å². The lowest BCUT2D eigenvalue weighted by molar-refractivity contribution is -0.136. The molecule has 0 bridgehead atoms. The van der Waals surface area contributed by atoms with E-state index in [4.69, 9.17) is 9.72 Å². The van der Waals surface area contributed by atoms with Gasteiger partial charge in [0, 0.05) is 11.1 Å². The molecule has 0 radical (unpaired) electrons. The van der Waals surface area contributed by atoms with E-state index in [0.717, 1.165) is 17.2 Å². The fourth-order valence-electron chi connectivity index (χ4n) is 4.72. The first-order valence-electron chi connectivity index (χ1n) is 13.2. The Morgan fingerprint density at radius 2 is 1.34 bits per heavy atom. The highest BCUT2D eigenvalue weighted by Crippen LogP contribution is 2.41. The van der Waals surface area contributed by atoms with Crippen molar-refractivity contribution in [3.05, 3.63) is 131 Å². The number of rotatable bonds is 6. The molecule has 0 N–H and O–H groups in total. The normalized spacial score (nSPS) is 11.6. The number of hydrogen-bond donors (Lipinski definition) is 0. The quantitative estimate of drug-likeness (QED) is 0.208. The number of alkyl halides is 3. The molecule has 7 heteroatoms. The standard InChI is InChI=1S/C34H26F3N3O/c1-22-8-12-24(13-9-22)21-41-28-18-16-25(17-19-28)30-20-29(34(35,36)37)31-32(26-14-10-23(2)11-15-26)39-40(33(31)38-30)27-6-4-3-5-7-27/h3-20H,21H2,1-2H3. The van der Waals surface area contributed by atoms with Crippen LogP contribution in [0.2, 0.25) is 0 Å². The molecule has 0 aliphatic rings. The van der Waals surface area contributed by atoms with E-state index in [0.29, 0.717) is 29.2 Å². The van der Waals surface area contributed by atoms with Gasteiger partial charge in [0.1, 0.15) is 18.1 Å². The van der Waals surface area contributed by atoms with Crippen LogP contribution < -0.4 is 4.74 Å². The van der Waals surface area contributed by atoms with Gasteiger partial charge in [-0.15, -0.1) is 0 Å².